The number of anilines is 2. The fourth-order valence-electron chi connectivity index (χ4n) is 1.74. The van der Waals surface area contributed by atoms with Crippen molar-refractivity contribution in [2.45, 2.75) is 13.2 Å². The van der Waals surface area contributed by atoms with Crippen LogP contribution in [0.3, 0.4) is 0 Å². The monoisotopic (exact) mass is 289 g/mol. The Morgan fingerprint density at radius 1 is 1.14 bits per heavy atom. The van der Waals surface area contributed by atoms with Crippen LogP contribution < -0.4 is 15.4 Å². The highest BCUT2D eigenvalue weighted by molar-refractivity contribution is 5.47. The van der Waals surface area contributed by atoms with Crippen molar-refractivity contribution in [1.82, 2.24) is 15.0 Å². The summed E-state index contributed by atoms with van der Waals surface area (Å²) in [6.45, 7) is 0.984. The molecule has 7 heteroatoms. The molecule has 0 saturated heterocycles. The van der Waals surface area contributed by atoms with Gasteiger partial charge in [0.1, 0.15) is 18.2 Å². The Morgan fingerprint density at radius 3 is 2.57 bits per heavy atom. The minimum atomic E-state index is 0.369. The minimum Gasteiger partial charge on any atom is -0.481 e. The number of ether oxygens (including phenoxy) is 2. The third-order valence-electron chi connectivity index (χ3n) is 2.78. The van der Waals surface area contributed by atoms with E-state index in [9.17, 15) is 0 Å². The van der Waals surface area contributed by atoms with E-state index in [1.165, 1.54) is 0 Å². The van der Waals surface area contributed by atoms with E-state index < -0.39 is 0 Å². The summed E-state index contributed by atoms with van der Waals surface area (Å²) < 4.78 is 10.1. The van der Waals surface area contributed by atoms with Crippen molar-refractivity contribution in [2.75, 3.05) is 31.9 Å². The summed E-state index contributed by atoms with van der Waals surface area (Å²) in [6, 6.07) is 5.62. The number of methoxy groups -OCH3 is 2. The van der Waals surface area contributed by atoms with Crippen molar-refractivity contribution in [3.05, 3.63) is 35.8 Å². The van der Waals surface area contributed by atoms with Gasteiger partial charge in [-0.15, -0.1) is 0 Å². The quantitative estimate of drug-likeness (QED) is 0.802. The summed E-state index contributed by atoms with van der Waals surface area (Å²) >= 11 is 0. The molecule has 21 heavy (non-hydrogen) atoms. The average molecular weight is 289 g/mol. The van der Waals surface area contributed by atoms with Crippen LogP contribution in [-0.4, -0.2) is 36.2 Å². The standard InChI is InChI=1S/C14H19N5O2/c1-15-11-6-12(19-13(18-11)9-20-2)16-7-10-4-5-14(21-3)17-8-10/h4-6,8H,7,9H2,1-3H3,(H2,15,16,18,19). The Labute approximate surface area is 123 Å². The number of hydrogen-bond acceptors (Lipinski definition) is 7. The van der Waals surface area contributed by atoms with Gasteiger partial charge in [0.2, 0.25) is 5.88 Å². The van der Waals surface area contributed by atoms with Crippen LogP contribution in [-0.2, 0) is 17.9 Å². The highest BCUT2D eigenvalue weighted by Gasteiger charge is 2.04. The van der Waals surface area contributed by atoms with Crippen molar-refractivity contribution in [3.8, 4) is 5.88 Å². The van der Waals surface area contributed by atoms with E-state index in [1.54, 1.807) is 20.4 Å². The normalized spacial score (nSPS) is 10.2. The number of pyridine rings is 1. The van der Waals surface area contributed by atoms with E-state index >= 15 is 0 Å². The highest BCUT2D eigenvalue weighted by Crippen LogP contribution is 2.13. The molecule has 0 radical (unpaired) electrons. The molecule has 0 fully saturated rings. The molecule has 0 saturated carbocycles. The van der Waals surface area contributed by atoms with Gasteiger partial charge in [0, 0.05) is 39.0 Å². The molecule has 0 aliphatic carbocycles. The lowest BCUT2D eigenvalue weighted by Gasteiger charge is -2.09. The Kier molecular flexibility index (Phi) is 5.28. The highest BCUT2D eigenvalue weighted by atomic mass is 16.5. The van der Waals surface area contributed by atoms with Crippen molar-refractivity contribution < 1.29 is 9.47 Å². The van der Waals surface area contributed by atoms with E-state index in [1.807, 2.05) is 25.2 Å². The maximum Gasteiger partial charge on any atom is 0.212 e. The number of nitrogens with one attached hydrogen (secondary N) is 2. The number of nitrogens with zero attached hydrogens (tertiary/aromatic N) is 3. The molecule has 0 amide bonds. The summed E-state index contributed by atoms with van der Waals surface area (Å²) in [5.74, 6) is 2.70. The summed E-state index contributed by atoms with van der Waals surface area (Å²) in [5.41, 5.74) is 1.04. The second-order valence-electron chi connectivity index (χ2n) is 4.30. The average Bonchev–Trinajstić information content (AvgIpc) is 2.53. The Morgan fingerprint density at radius 2 is 1.95 bits per heavy atom. The smallest absolute Gasteiger partial charge is 0.212 e. The molecule has 0 spiro atoms. The van der Waals surface area contributed by atoms with Crippen molar-refractivity contribution in [1.29, 1.82) is 0 Å². The molecule has 0 bridgehead atoms. The van der Waals surface area contributed by atoms with Crippen molar-refractivity contribution in [2.24, 2.45) is 0 Å². The Balaban J connectivity index is 2.05. The summed E-state index contributed by atoms with van der Waals surface area (Å²) in [6.07, 6.45) is 1.77. The van der Waals surface area contributed by atoms with Gasteiger partial charge in [0.05, 0.1) is 7.11 Å². The van der Waals surface area contributed by atoms with E-state index in [-0.39, 0.29) is 0 Å². The van der Waals surface area contributed by atoms with Gasteiger partial charge < -0.3 is 20.1 Å². The van der Waals surface area contributed by atoms with Gasteiger partial charge in [0.15, 0.2) is 5.82 Å². The molecule has 0 atom stereocenters. The van der Waals surface area contributed by atoms with Crippen molar-refractivity contribution >= 4 is 11.6 Å². The Bertz CT molecular complexity index is 574. The molecular formula is C14H19N5O2. The molecule has 7 nitrogen and oxygen atoms in total. The Hall–Kier alpha value is -2.41. The lowest BCUT2D eigenvalue weighted by Crippen LogP contribution is -2.07. The predicted octanol–water partition coefficient (Wildman–Crippen LogP) is 1.68. The van der Waals surface area contributed by atoms with Crippen LogP contribution in [0.5, 0.6) is 5.88 Å². The maximum absolute atomic E-state index is 5.07. The van der Waals surface area contributed by atoms with E-state index in [0.29, 0.717) is 24.9 Å². The zero-order chi connectivity index (χ0) is 15.1. The SMILES string of the molecule is CNc1cc(NCc2ccc(OC)nc2)nc(COC)n1. The minimum absolute atomic E-state index is 0.369. The first-order valence-corrected chi connectivity index (χ1v) is 6.52. The third-order valence-corrected chi connectivity index (χ3v) is 2.78. The number of rotatable bonds is 7. The fraction of sp³-hybridized carbons (Fsp3) is 0.357. The second kappa shape index (κ2) is 7.39. The van der Waals surface area contributed by atoms with Gasteiger partial charge in [-0.3, -0.25) is 0 Å². The first-order chi connectivity index (χ1) is 10.2. The maximum atomic E-state index is 5.07. The molecule has 2 aromatic heterocycles. The van der Waals surface area contributed by atoms with Crippen LogP contribution in [0.2, 0.25) is 0 Å². The molecule has 0 aliphatic heterocycles. The molecule has 2 rings (SSSR count). The second-order valence-corrected chi connectivity index (χ2v) is 4.30. The zero-order valence-corrected chi connectivity index (χ0v) is 12.4. The van der Waals surface area contributed by atoms with Crippen molar-refractivity contribution in [3.63, 3.8) is 0 Å². The van der Waals surface area contributed by atoms with E-state index in [0.717, 1.165) is 17.2 Å². The topological polar surface area (TPSA) is 81.2 Å². The molecular weight excluding hydrogens is 270 g/mol. The summed E-state index contributed by atoms with van der Waals surface area (Å²) in [7, 11) is 5.03. The van der Waals surface area contributed by atoms with Crippen LogP contribution in [0.15, 0.2) is 24.4 Å². The van der Waals surface area contributed by atoms with Gasteiger partial charge in [-0.25, -0.2) is 15.0 Å². The van der Waals surface area contributed by atoms with Crippen LogP contribution in [0.25, 0.3) is 0 Å². The molecule has 2 heterocycles. The lowest BCUT2D eigenvalue weighted by molar-refractivity contribution is 0.178. The molecule has 112 valence electrons. The van der Waals surface area contributed by atoms with Gasteiger partial charge in [-0.05, 0) is 5.56 Å². The van der Waals surface area contributed by atoms with Crippen LogP contribution >= 0.6 is 0 Å². The van der Waals surface area contributed by atoms with Crippen LogP contribution in [0, 0.1) is 0 Å². The summed E-state index contributed by atoms with van der Waals surface area (Å²) in [4.78, 5) is 12.9. The zero-order valence-electron chi connectivity index (χ0n) is 12.4. The van der Waals surface area contributed by atoms with Gasteiger partial charge >= 0.3 is 0 Å². The largest absolute Gasteiger partial charge is 0.481 e. The van der Waals surface area contributed by atoms with E-state index in [4.69, 9.17) is 9.47 Å². The third kappa shape index (κ3) is 4.28. The van der Waals surface area contributed by atoms with E-state index in [2.05, 4.69) is 25.6 Å². The fourth-order valence-corrected chi connectivity index (χ4v) is 1.74. The van der Waals surface area contributed by atoms with Gasteiger partial charge in [-0.2, -0.15) is 0 Å². The molecule has 0 aliphatic rings. The molecule has 0 unspecified atom stereocenters. The van der Waals surface area contributed by atoms with Crippen LogP contribution in [0.1, 0.15) is 11.4 Å². The first kappa shape index (κ1) is 15.0. The summed E-state index contributed by atoms with van der Waals surface area (Å²) in [5, 5.41) is 6.25. The lowest BCUT2D eigenvalue weighted by atomic mass is 10.3. The predicted molar refractivity (Wildman–Crippen MR) is 80.4 cm³/mol. The molecule has 0 aromatic carbocycles. The first-order valence-electron chi connectivity index (χ1n) is 6.52. The molecule has 2 aromatic rings. The number of aromatic nitrogens is 3. The van der Waals surface area contributed by atoms with Crippen LogP contribution in [0.4, 0.5) is 11.6 Å². The number of hydrogen-bond donors (Lipinski definition) is 2. The molecule has 2 N–H and O–H groups in total. The van der Waals surface area contributed by atoms with Gasteiger partial charge in [-0.1, -0.05) is 6.07 Å². The van der Waals surface area contributed by atoms with Gasteiger partial charge in [0.25, 0.3) is 0 Å².